The zero-order valence-electron chi connectivity index (χ0n) is 7.34. The highest BCUT2D eigenvalue weighted by Crippen LogP contribution is 2.31. The van der Waals surface area contributed by atoms with Gasteiger partial charge in [-0.2, -0.15) is 0 Å². The minimum absolute atomic E-state index is 0.138. The summed E-state index contributed by atoms with van der Waals surface area (Å²) in [6.07, 6.45) is -0.857. The Balaban J connectivity index is 3.30. The minimum atomic E-state index is -0.857. The van der Waals surface area contributed by atoms with Crippen molar-refractivity contribution < 1.29 is 14.2 Å². The van der Waals surface area contributed by atoms with Crippen molar-refractivity contribution in [3.8, 4) is 5.75 Å². The first-order valence-corrected chi connectivity index (χ1v) is 4.57. The van der Waals surface area contributed by atoms with Crippen molar-refractivity contribution in [1.29, 1.82) is 0 Å². The number of hydrogen-bond acceptors (Lipinski definition) is 2. The van der Waals surface area contributed by atoms with E-state index in [2.05, 4.69) is 15.9 Å². The highest BCUT2D eigenvalue weighted by molar-refractivity contribution is 9.10. The van der Waals surface area contributed by atoms with E-state index in [1.807, 2.05) is 0 Å². The van der Waals surface area contributed by atoms with Gasteiger partial charge < -0.3 is 9.84 Å². The van der Waals surface area contributed by atoms with E-state index in [-0.39, 0.29) is 11.3 Å². The molecule has 13 heavy (non-hydrogen) atoms. The number of aliphatic hydroxyl groups is 1. The summed E-state index contributed by atoms with van der Waals surface area (Å²) >= 11 is 3.16. The van der Waals surface area contributed by atoms with Crippen LogP contribution in [0.1, 0.15) is 18.6 Å². The predicted octanol–water partition coefficient (Wildman–Crippen LogP) is 2.65. The third-order valence-corrected chi connectivity index (χ3v) is 2.42. The molecule has 0 fully saturated rings. The van der Waals surface area contributed by atoms with Crippen LogP contribution in [0.4, 0.5) is 4.39 Å². The van der Waals surface area contributed by atoms with Gasteiger partial charge in [-0.25, -0.2) is 4.39 Å². The van der Waals surface area contributed by atoms with Gasteiger partial charge in [0.05, 0.1) is 13.2 Å². The quantitative estimate of drug-likeness (QED) is 0.873. The molecule has 0 aromatic heterocycles. The second kappa shape index (κ2) is 4.07. The van der Waals surface area contributed by atoms with Crippen molar-refractivity contribution in [2.24, 2.45) is 0 Å². The van der Waals surface area contributed by atoms with Crippen molar-refractivity contribution >= 4 is 15.9 Å². The Morgan fingerprint density at radius 1 is 1.54 bits per heavy atom. The van der Waals surface area contributed by atoms with Gasteiger partial charge in [-0.1, -0.05) is 15.9 Å². The van der Waals surface area contributed by atoms with Crippen LogP contribution in [0.3, 0.4) is 0 Å². The van der Waals surface area contributed by atoms with Crippen LogP contribution in [0.15, 0.2) is 16.6 Å². The zero-order chi connectivity index (χ0) is 10.0. The lowest BCUT2D eigenvalue weighted by Crippen LogP contribution is -2.00. The molecule has 1 atom stereocenters. The molecule has 0 amide bonds. The first-order chi connectivity index (χ1) is 6.07. The number of benzene rings is 1. The third-order valence-electron chi connectivity index (χ3n) is 1.73. The predicted molar refractivity (Wildman–Crippen MR) is 51.3 cm³/mol. The van der Waals surface area contributed by atoms with Crippen LogP contribution < -0.4 is 4.74 Å². The van der Waals surface area contributed by atoms with Crippen molar-refractivity contribution in [2.75, 3.05) is 7.11 Å². The van der Waals surface area contributed by atoms with Crippen LogP contribution in [-0.4, -0.2) is 12.2 Å². The van der Waals surface area contributed by atoms with Crippen molar-refractivity contribution in [3.63, 3.8) is 0 Å². The molecule has 0 spiro atoms. The Hall–Kier alpha value is -0.610. The van der Waals surface area contributed by atoms with E-state index in [4.69, 9.17) is 4.74 Å². The maximum Gasteiger partial charge on any atom is 0.171 e. The van der Waals surface area contributed by atoms with Gasteiger partial charge in [0.1, 0.15) is 0 Å². The Labute approximate surface area is 84.5 Å². The molecule has 0 saturated heterocycles. The number of rotatable bonds is 2. The van der Waals surface area contributed by atoms with Gasteiger partial charge in [-0.05, 0) is 19.1 Å². The fraction of sp³-hybridized carbons (Fsp3) is 0.333. The molecular formula is C9H10BrFO2. The third kappa shape index (κ3) is 2.00. The highest BCUT2D eigenvalue weighted by Gasteiger charge is 2.16. The Morgan fingerprint density at radius 2 is 2.15 bits per heavy atom. The standard InChI is InChI=1S/C9H10BrFO2/c1-5(12)8-6(10)3-4-7(13-2)9(8)11/h3-5,12H,1-2H3. The van der Waals surface area contributed by atoms with Crippen LogP contribution in [0, 0.1) is 5.82 Å². The van der Waals surface area contributed by atoms with E-state index in [0.717, 1.165) is 0 Å². The number of ether oxygens (including phenoxy) is 1. The maximum atomic E-state index is 13.5. The molecule has 0 bridgehead atoms. The molecule has 0 aliphatic heterocycles. The number of hydrogen-bond donors (Lipinski definition) is 1. The average Bonchev–Trinajstić information content (AvgIpc) is 2.04. The summed E-state index contributed by atoms with van der Waals surface area (Å²) in [4.78, 5) is 0. The van der Waals surface area contributed by atoms with Crippen LogP contribution in [0.2, 0.25) is 0 Å². The van der Waals surface area contributed by atoms with Gasteiger partial charge in [0.15, 0.2) is 11.6 Å². The van der Waals surface area contributed by atoms with Crippen molar-refractivity contribution in [2.45, 2.75) is 13.0 Å². The van der Waals surface area contributed by atoms with Gasteiger partial charge in [0.2, 0.25) is 0 Å². The van der Waals surface area contributed by atoms with Crippen LogP contribution in [0.25, 0.3) is 0 Å². The summed E-state index contributed by atoms with van der Waals surface area (Å²) in [6, 6.07) is 3.15. The molecule has 1 unspecified atom stereocenters. The minimum Gasteiger partial charge on any atom is -0.494 e. The van der Waals surface area contributed by atoms with Gasteiger partial charge >= 0.3 is 0 Å². The molecule has 1 rings (SSSR count). The second-order valence-electron chi connectivity index (χ2n) is 2.65. The smallest absolute Gasteiger partial charge is 0.171 e. The maximum absolute atomic E-state index is 13.5. The molecule has 0 aliphatic carbocycles. The molecule has 0 aliphatic rings. The van der Waals surface area contributed by atoms with Gasteiger partial charge in [-0.15, -0.1) is 0 Å². The second-order valence-corrected chi connectivity index (χ2v) is 3.51. The van der Waals surface area contributed by atoms with Crippen LogP contribution in [0.5, 0.6) is 5.75 Å². The van der Waals surface area contributed by atoms with Gasteiger partial charge in [0.25, 0.3) is 0 Å². The largest absolute Gasteiger partial charge is 0.494 e. The lowest BCUT2D eigenvalue weighted by atomic mass is 10.1. The normalized spacial score (nSPS) is 12.7. The molecule has 2 nitrogen and oxygen atoms in total. The first-order valence-electron chi connectivity index (χ1n) is 3.78. The molecule has 72 valence electrons. The van der Waals surface area contributed by atoms with E-state index in [1.165, 1.54) is 20.1 Å². The summed E-state index contributed by atoms with van der Waals surface area (Å²) in [5, 5.41) is 9.28. The topological polar surface area (TPSA) is 29.5 Å². The lowest BCUT2D eigenvalue weighted by Gasteiger charge is -2.11. The Kier molecular flexibility index (Phi) is 3.27. The van der Waals surface area contributed by atoms with E-state index in [9.17, 15) is 9.50 Å². The van der Waals surface area contributed by atoms with Gasteiger partial charge in [-0.3, -0.25) is 0 Å². The fourth-order valence-electron chi connectivity index (χ4n) is 1.09. The van der Waals surface area contributed by atoms with Crippen LogP contribution in [-0.2, 0) is 0 Å². The molecule has 0 radical (unpaired) electrons. The molecule has 0 saturated carbocycles. The summed E-state index contributed by atoms with van der Waals surface area (Å²) in [5.41, 5.74) is 0.222. The molecule has 0 heterocycles. The monoisotopic (exact) mass is 248 g/mol. The molecule has 1 N–H and O–H groups in total. The van der Waals surface area contributed by atoms with Crippen LogP contribution >= 0.6 is 15.9 Å². The number of aliphatic hydroxyl groups excluding tert-OH is 1. The molecule has 4 heteroatoms. The SMILES string of the molecule is COc1ccc(Br)c(C(C)O)c1F. The summed E-state index contributed by atoms with van der Waals surface area (Å²) in [7, 11) is 1.39. The van der Waals surface area contributed by atoms with E-state index >= 15 is 0 Å². The van der Waals surface area contributed by atoms with Crippen molar-refractivity contribution in [1.82, 2.24) is 0 Å². The summed E-state index contributed by atoms with van der Waals surface area (Å²) < 4.78 is 18.8. The highest BCUT2D eigenvalue weighted by atomic mass is 79.9. The summed E-state index contributed by atoms with van der Waals surface area (Å²) in [6.45, 7) is 1.50. The molecular weight excluding hydrogens is 239 g/mol. The van der Waals surface area contributed by atoms with Crippen molar-refractivity contribution in [3.05, 3.63) is 28.0 Å². The first kappa shape index (κ1) is 10.5. The number of halogens is 2. The fourth-order valence-corrected chi connectivity index (χ4v) is 1.73. The average molecular weight is 249 g/mol. The van der Waals surface area contributed by atoms with E-state index in [1.54, 1.807) is 6.07 Å². The zero-order valence-corrected chi connectivity index (χ0v) is 8.93. The number of methoxy groups -OCH3 is 1. The Bertz CT molecular complexity index is 313. The van der Waals surface area contributed by atoms with E-state index < -0.39 is 11.9 Å². The molecule has 1 aromatic rings. The van der Waals surface area contributed by atoms with Gasteiger partial charge in [0, 0.05) is 10.0 Å². The lowest BCUT2D eigenvalue weighted by molar-refractivity contribution is 0.192. The molecule has 1 aromatic carbocycles. The van der Waals surface area contributed by atoms with E-state index in [0.29, 0.717) is 4.47 Å². The summed E-state index contributed by atoms with van der Waals surface area (Å²) in [5.74, 6) is -0.383. The Morgan fingerprint density at radius 3 is 2.62 bits per heavy atom.